The van der Waals surface area contributed by atoms with Gasteiger partial charge in [-0.15, -0.1) is 12.4 Å². The van der Waals surface area contributed by atoms with Crippen LogP contribution in [0.1, 0.15) is 37.7 Å². The molecule has 2 aliphatic carbocycles. The smallest absolute Gasteiger partial charge is 0.119 e. The van der Waals surface area contributed by atoms with Gasteiger partial charge in [-0.2, -0.15) is 0 Å². The highest BCUT2D eigenvalue weighted by atomic mass is 35.5. The summed E-state index contributed by atoms with van der Waals surface area (Å²) >= 11 is 0. The Morgan fingerprint density at radius 2 is 1.83 bits per heavy atom. The summed E-state index contributed by atoms with van der Waals surface area (Å²) in [6.07, 6.45) is 6.61. The Bertz CT molecular complexity index is 503. The highest BCUT2D eigenvalue weighted by Gasteiger charge is 2.38. The van der Waals surface area contributed by atoms with E-state index in [9.17, 15) is 0 Å². The molecule has 3 unspecified atom stereocenters. The first-order valence-corrected chi connectivity index (χ1v) is 8.97. The van der Waals surface area contributed by atoms with Crippen LogP contribution in [-0.4, -0.2) is 30.6 Å². The molecule has 3 fully saturated rings. The maximum atomic E-state index is 6.31. The predicted octanol–water partition coefficient (Wildman–Crippen LogP) is 3.46. The molecule has 1 heterocycles. The fourth-order valence-corrected chi connectivity index (χ4v) is 4.19. The second-order valence-corrected chi connectivity index (χ2v) is 7.61. The molecule has 23 heavy (non-hydrogen) atoms. The van der Waals surface area contributed by atoms with E-state index in [1.807, 2.05) is 0 Å². The van der Waals surface area contributed by atoms with Crippen LogP contribution in [0.5, 0.6) is 5.75 Å². The summed E-state index contributed by atoms with van der Waals surface area (Å²) in [7, 11) is 0. The van der Waals surface area contributed by atoms with Crippen LogP contribution in [0.25, 0.3) is 0 Å². The maximum absolute atomic E-state index is 6.31. The molecule has 0 aromatic heterocycles. The average Bonchev–Trinajstić information content (AvgIpc) is 3.26. The van der Waals surface area contributed by atoms with Gasteiger partial charge in [0.1, 0.15) is 5.75 Å². The Hall–Kier alpha value is -0.770. The number of hydrogen-bond donors (Lipinski definition) is 1. The molecule has 1 aliphatic heterocycles. The first kappa shape index (κ1) is 17.1. The van der Waals surface area contributed by atoms with Crippen LogP contribution in [0.2, 0.25) is 0 Å². The number of nitrogens with zero attached hydrogens (tertiary/aromatic N) is 1. The number of benzene rings is 1. The van der Waals surface area contributed by atoms with Gasteiger partial charge in [-0.05, 0) is 61.1 Å². The largest absolute Gasteiger partial charge is 0.493 e. The highest BCUT2D eigenvalue weighted by molar-refractivity contribution is 5.85. The second kappa shape index (κ2) is 7.42. The monoisotopic (exact) mass is 336 g/mol. The van der Waals surface area contributed by atoms with Gasteiger partial charge in [0.05, 0.1) is 6.61 Å². The van der Waals surface area contributed by atoms with E-state index in [0.717, 1.165) is 36.7 Å². The lowest BCUT2D eigenvalue weighted by atomic mass is 9.78. The lowest BCUT2D eigenvalue weighted by molar-refractivity contribution is 0.259. The van der Waals surface area contributed by atoms with Crippen LogP contribution in [0.3, 0.4) is 0 Å². The third-order valence-electron chi connectivity index (χ3n) is 5.74. The van der Waals surface area contributed by atoms with E-state index < -0.39 is 0 Å². The van der Waals surface area contributed by atoms with Crippen molar-refractivity contribution in [2.45, 2.75) is 44.7 Å². The van der Waals surface area contributed by atoms with Crippen molar-refractivity contribution < 1.29 is 4.74 Å². The molecule has 3 aliphatic rings. The van der Waals surface area contributed by atoms with Crippen molar-refractivity contribution in [1.82, 2.24) is 4.90 Å². The number of hydrogen-bond acceptors (Lipinski definition) is 3. The number of nitrogens with two attached hydrogens (primary N) is 1. The zero-order chi connectivity index (χ0) is 14.9. The number of ether oxygens (including phenoxy) is 1. The van der Waals surface area contributed by atoms with Crippen molar-refractivity contribution in [2.75, 3.05) is 19.7 Å². The SMILES string of the molecule is Cl.NC1CCCC2CN(Cc3ccc(OCC4CC4)cc3)CC12. The van der Waals surface area contributed by atoms with Crippen LogP contribution in [-0.2, 0) is 6.54 Å². The lowest BCUT2D eigenvalue weighted by Gasteiger charge is -2.29. The number of fused-ring (bicyclic) bond motifs is 1. The molecule has 0 bridgehead atoms. The van der Waals surface area contributed by atoms with Gasteiger partial charge in [-0.25, -0.2) is 0 Å². The summed E-state index contributed by atoms with van der Waals surface area (Å²) in [5, 5.41) is 0. The molecule has 1 saturated heterocycles. The summed E-state index contributed by atoms with van der Waals surface area (Å²) < 4.78 is 5.82. The summed E-state index contributed by atoms with van der Waals surface area (Å²) in [4.78, 5) is 2.60. The van der Waals surface area contributed by atoms with E-state index in [-0.39, 0.29) is 12.4 Å². The standard InChI is InChI=1S/C19H28N2O.ClH/c20-19-3-1-2-16-11-21(12-18(16)19)10-14-6-8-17(9-7-14)22-13-15-4-5-15;/h6-9,15-16,18-19H,1-5,10-13,20H2;1H. The molecule has 0 radical (unpaired) electrons. The summed E-state index contributed by atoms with van der Waals surface area (Å²) in [6, 6.07) is 9.15. The van der Waals surface area contributed by atoms with Gasteiger partial charge < -0.3 is 10.5 Å². The normalized spacial score (nSPS) is 30.6. The Labute approximate surface area is 146 Å². The minimum absolute atomic E-state index is 0. The van der Waals surface area contributed by atoms with Crippen molar-refractivity contribution in [3.05, 3.63) is 29.8 Å². The summed E-state index contributed by atoms with van der Waals surface area (Å²) in [5.74, 6) is 3.41. The number of halogens is 1. The highest BCUT2D eigenvalue weighted by Crippen LogP contribution is 2.36. The predicted molar refractivity (Wildman–Crippen MR) is 96.0 cm³/mol. The fraction of sp³-hybridized carbons (Fsp3) is 0.684. The zero-order valence-corrected chi connectivity index (χ0v) is 14.6. The van der Waals surface area contributed by atoms with Crippen LogP contribution in [0.4, 0.5) is 0 Å². The van der Waals surface area contributed by atoms with E-state index in [1.165, 1.54) is 50.8 Å². The van der Waals surface area contributed by atoms with Crippen LogP contribution >= 0.6 is 12.4 Å². The molecular formula is C19H29ClN2O. The third-order valence-corrected chi connectivity index (χ3v) is 5.74. The van der Waals surface area contributed by atoms with Gasteiger partial charge in [-0.3, -0.25) is 4.90 Å². The molecule has 2 N–H and O–H groups in total. The van der Waals surface area contributed by atoms with Crippen LogP contribution in [0.15, 0.2) is 24.3 Å². The lowest BCUT2D eigenvalue weighted by Crippen LogP contribution is -2.38. The average molecular weight is 337 g/mol. The van der Waals surface area contributed by atoms with E-state index in [1.54, 1.807) is 0 Å². The van der Waals surface area contributed by atoms with Gasteiger partial charge in [0.25, 0.3) is 0 Å². The zero-order valence-electron chi connectivity index (χ0n) is 13.8. The molecule has 2 saturated carbocycles. The third kappa shape index (κ3) is 4.20. The van der Waals surface area contributed by atoms with E-state index in [0.29, 0.717) is 6.04 Å². The first-order chi connectivity index (χ1) is 10.8. The Kier molecular flexibility index (Phi) is 5.50. The quantitative estimate of drug-likeness (QED) is 0.895. The van der Waals surface area contributed by atoms with Gasteiger partial charge in [0.2, 0.25) is 0 Å². The second-order valence-electron chi connectivity index (χ2n) is 7.61. The van der Waals surface area contributed by atoms with Gasteiger partial charge in [0.15, 0.2) is 0 Å². The minimum Gasteiger partial charge on any atom is -0.493 e. The first-order valence-electron chi connectivity index (χ1n) is 8.97. The minimum atomic E-state index is 0. The van der Waals surface area contributed by atoms with Crippen molar-refractivity contribution in [3.63, 3.8) is 0 Å². The molecule has 3 nitrogen and oxygen atoms in total. The molecule has 0 amide bonds. The fourth-order valence-electron chi connectivity index (χ4n) is 4.19. The molecule has 4 heteroatoms. The molecule has 3 atom stereocenters. The molecule has 128 valence electrons. The Morgan fingerprint density at radius 3 is 2.52 bits per heavy atom. The van der Waals surface area contributed by atoms with E-state index >= 15 is 0 Å². The van der Waals surface area contributed by atoms with Crippen molar-refractivity contribution in [3.8, 4) is 5.75 Å². The maximum Gasteiger partial charge on any atom is 0.119 e. The number of likely N-dealkylation sites (tertiary alicyclic amines) is 1. The van der Waals surface area contributed by atoms with Crippen LogP contribution < -0.4 is 10.5 Å². The Balaban J connectivity index is 0.00000156. The van der Waals surface area contributed by atoms with Crippen LogP contribution in [0, 0.1) is 17.8 Å². The summed E-state index contributed by atoms with van der Waals surface area (Å²) in [5.41, 5.74) is 7.71. The van der Waals surface area contributed by atoms with Gasteiger partial charge in [0, 0.05) is 25.7 Å². The van der Waals surface area contributed by atoms with Crippen molar-refractivity contribution in [2.24, 2.45) is 23.5 Å². The molecule has 4 rings (SSSR count). The van der Waals surface area contributed by atoms with Gasteiger partial charge in [-0.1, -0.05) is 18.6 Å². The summed E-state index contributed by atoms with van der Waals surface area (Å²) in [6.45, 7) is 4.37. The molecule has 0 spiro atoms. The molecule has 1 aromatic carbocycles. The van der Waals surface area contributed by atoms with Gasteiger partial charge >= 0.3 is 0 Å². The molecule has 1 aromatic rings. The molecular weight excluding hydrogens is 308 g/mol. The van der Waals surface area contributed by atoms with E-state index in [2.05, 4.69) is 29.2 Å². The topological polar surface area (TPSA) is 38.5 Å². The number of rotatable bonds is 5. The van der Waals surface area contributed by atoms with Crippen molar-refractivity contribution >= 4 is 12.4 Å². The van der Waals surface area contributed by atoms with Crippen molar-refractivity contribution in [1.29, 1.82) is 0 Å². The van der Waals surface area contributed by atoms with E-state index in [4.69, 9.17) is 10.5 Å². The Morgan fingerprint density at radius 1 is 1.04 bits per heavy atom.